The van der Waals surface area contributed by atoms with Gasteiger partial charge in [0.25, 0.3) is 5.69 Å². The van der Waals surface area contributed by atoms with Crippen molar-refractivity contribution >= 4 is 28.6 Å². The number of nitrogens with one attached hydrogen (secondary N) is 1. The third kappa shape index (κ3) is 5.86. The third-order valence-corrected chi connectivity index (χ3v) is 5.46. The number of carbonyl (C=O) groups excluding carboxylic acids is 1. The molecule has 0 radical (unpaired) electrons. The van der Waals surface area contributed by atoms with Crippen molar-refractivity contribution in [2.45, 2.75) is 12.6 Å². The van der Waals surface area contributed by atoms with Gasteiger partial charge in [-0.15, -0.1) is 0 Å². The van der Waals surface area contributed by atoms with E-state index in [9.17, 15) is 14.9 Å². The Bertz CT molecular complexity index is 1040. The number of carbonyl (C=O) groups is 1. The molecule has 3 rings (SSSR count). The SMILES string of the molecule is CSC1=NC(c2cccc([N+](=O)[O-])c2)C(C(=O)OCCN(C)Cc2ccccc2)=C(N)N1. The van der Waals surface area contributed by atoms with Crippen LogP contribution in [0, 0.1) is 10.1 Å². The van der Waals surface area contributed by atoms with Crippen LogP contribution < -0.4 is 11.1 Å². The van der Waals surface area contributed by atoms with E-state index in [0.717, 1.165) is 12.1 Å². The molecule has 0 saturated heterocycles. The monoisotopic (exact) mass is 455 g/mol. The molecule has 1 aliphatic rings. The summed E-state index contributed by atoms with van der Waals surface area (Å²) in [6.45, 7) is 1.42. The highest BCUT2D eigenvalue weighted by Crippen LogP contribution is 2.33. The van der Waals surface area contributed by atoms with Gasteiger partial charge in [0.1, 0.15) is 24.0 Å². The van der Waals surface area contributed by atoms with E-state index in [4.69, 9.17) is 10.5 Å². The van der Waals surface area contributed by atoms with Crippen LogP contribution in [0.1, 0.15) is 17.2 Å². The zero-order valence-electron chi connectivity index (χ0n) is 17.9. The van der Waals surface area contributed by atoms with Crippen molar-refractivity contribution in [3.63, 3.8) is 0 Å². The summed E-state index contributed by atoms with van der Waals surface area (Å²) in [5.74, 6) is -0.480. The van der Waals surface area contributed by atoms with E-state index >= 15 is 0 Å². The number of nitrogens with two attached hydrogens (primary N) is 1. The van der Waals surface area contributed by atoms with Crippen LogP contribution in [0.25, 0.3) is 0 Å². The number of amidine groups is 1. The zero-order valence-corrected chi connectivity index (χ0v) is 18.7. The quantitative estimate of drug-likeness (QED) is 0.354. The molecule has 0 spiro atoms. The predicted octanol–water partition coefficient (Wildman–Crippen LogP) is 2.80. The van der Waals surface area contributed by atoms with E-state index in [-0.39, 0.29) is 23.7 Å². The third-order valence-electron chi connectivity index (χ3n) is 4.86. The fourth-order valence-electron chi connectivity index (χ4n) is 3.26. The van der Waals surface area contributed by atoms with Gasteiger partial charge in [0, 0.05) is 25.2 Å². The molecule has 0 aliphatic carbocycles. The Morgan fingerprint density at radius 3 is 2.72 bits per heavy atom. The molecule has 32 heavy (non-hydrogen) atoms. The summed E-state index contributed by atoms with van der Waals surface area (Å²) in [6.07, 6.45) is 1.81. The Morgan fingerprint density at radius 2 is 2.03 bits per heavy atom. The number of likely N-dealkylation sites (N-methyl/N-ethyl adjacent to an activating group) is 1. The lowest BCUT2D eigenvalue weighted by molar-refractivity contribution is -0.384. The number of esters is 1. The fourth-order valence-corrected chi connectivity index (χ4v) is 3.69. The van der Waals surface area contributed by atoms with E-state index in [1.807, 2.05) is 48.5 Å². The van der Waals surface area contributed by atoms with Crippen LogP contribution in [0.2, 0.25) is 0 Å². The smallest absolute Gasteiger partial charge is 0.340 e. The lowest BCUT2D eigenvalue weighted by Gasteiger charge is -2.25. The van der Waals surface area contributed by atoms with Gasteiger partial charge in [-0.3, -0.25) is 15.0 Å². The number of benzene rings is 2. The number of thioether (sulfide) groups is 1. The van der Waals surface area contributed by atoms with Crippen LogP contribution in [-0.2, 0) is 16.1 Å². The maximum Gasteiger partial charge on any atom is 0.340 e. The number of nitro groups is 1. The van der Waals surface area contributed by atoms with Crippen LogP contribution in [0.15, 0.2) is 71.0 Å². The van der Waals surface area contributed by atoms with Gasteiger partial charge in [-0.05, 0) is 24.4 Å². The Hall–Kier alpha value is -3.37. The number of nitrogens with zero attached hydrogens (tertiary/aromatic N) is 3. The molecule has 0 amide bonds. The molecule has 3 N–H and O–H groups in total. The highest BCUT2D eigenvalue weighted by atomic mass is 32.2. The summed E-state index contributed by atoms with van der Waals surface area (Å²) in [6, 6.07) is 15.2. The number of non-ortho nitro benzene ring substituents is 1. The Kier molecular flexibility index (Phi) is 7.85. The minimum Gasteiger partial charge on any atom is -0.461 e. The highest BCUT2D eigenvalue weighted by molar-refractivity contribution is 8.13. The van der Waals surface area contributed by atoms with Crippen molar-refractivity contribution in [1.29, 1.82) is 0 Å². The second-order valence-electron chi connectivity index (χ2n) is 7.20. The normalized spacial score (nSPS) is 15.8. The Balaban J connectivity index is 1.71. The van der Waals surface area contributed by atoms with Gasteiger partial charge in [-0.2, -0.15) is 0 Å². The second-order valence-corrected chi connectivity index (χ2v) is 8.00. The molecule has 0 bridgehead atoms. The molecule has 9 nitrogen and oxygen atoms in total. The molecular weight excluding hydrogens is 430 g/mol. The highest BCUT2D eigenvalue weighted by Gasteiger charge is 2.32. The number of ether oxygens (including phenoxy) is 1. The van der Waals surface area contributed by atoms with Gasteiger partial charge in [0.05, 0.1) is 4.92 Å². The number of hydrogen-bond donors (Lipinski definition) is 2. The van der Waals surface area contributed by atoms with E-state index in [2.05, 4.69) is 10.3 Å². The summed E-state index contributed by atoms with van der Waals surface area (Å²) >= 11 is 1.33. The summed E-state index contributed by atoms with van der Waals surface area (Å²) in [5.41, 5.74) is 7.83. The van der Waals surface area contributed by atoms with Crippen LogP contribution in [-0.4, -0.2) is 47.4 Å². The fraction of sp³-hybridized carbons (Fsp3) is 0.273. The Morgan fingerprint density at radius 1 is 1.28 bits per heavy atom. The van der Waals surface area contributed by atoms with Crippen molar-refractivity contribution < 1.29 is 14.5 Å². The van der Waals surface area contributed by atoms with Gasteiger partial charge in [-0.1, -0.05) is 54.2 Å². The first-order valence-corrected chi connectivity index (χ1v) is 11.1. The zero-order chi connectivity index (χ0) is 23.1. The predicted molar refractivity (Wildman–Crippen MR) is 125 cm³/mol. The Labute approximate surface area is 190 Å². The van der Waals surface area contributed by atoms with E-state index in [1.54, 1.807) is 12.1 Å². The molecule has 2 aromatic carbocycles. The average Bonchev–Trinajstić information content (AvgIpc) is 2.79. The van der Waals surface area contributed by atoms with Gasteiger partial charge in [0.15, 0.2) is 5.17 Å². The van der Waals surface area contributed by atoms with Crippen molar-refractivity contribution in [1.82, 2.24) is 10.2 Å². The number of hydrogen-bond acceptors (Lipinski definition) is 9. The van der Waals surface area contributed by atoms with Gasteiger partial charge < -0.3 is 15.8 Å². The first-order valence-electron chi connectivity index (χ1n) is 9.91. The summed E-state index contributed by atoms with van der Waals surface area (Å²) < 4.78 is 5.49. The maximum atomic E-state index is 12.9. The molecule has 1 heterocycles. The standard InChI is InChI=1S/C22H25N5O4S/c1-26(14-15-7-4-3-5-8-15)11-12-31-21(28)18-19(24-22(32-2)25-20(18)23)16-9-6-10-17(13-16)27(29)30/h3-10,13,19H,11-12,14,23H2,1-2H3,(H,24,25). The summed E-state index contributed by atoms with van der Waals surface area (Å²) in [7, 11) is 1.94. The number of nitro benzene ring substituents is 1. The van der Waals surface area contributed by atoms with E-state index in [1.165, 1.54) is 23.9 Å². The van der Waals surface area contributed by atoms with Gasteiger partial charge >= 0.3 is 5.97 Å². The van der Waals surface area contributed by atoms with Crippen LogP contribution >= 0.6 is 11.8 Å². The second kappa shape index (κ2) is 10.8. The minimum absolute atomic E-state index is 0.0873. The maximum absolute atomic E-state index is 12.9. The molecule has 1 aliphatic heterocycles. The van der Waals surface area contributed by atoms with Crippen molar-refractivity contribution in [3.8, 4) is 0 Å². The van der Waals surface area contributed by atoms with Crippen molar-refractivity contribution in [2.75, 3.05) is 26.5 Å². The number of aliphatic imine (C=N–C) groups is 1. The molecule has 1 atom stereocenters. The molecule has 10 heteroatoms. The molecule has 1 unspecified atom stereocenters. The lowest BCUT2D eigenvalue weighted by atomic mass is 9.97. The van der Waals surface area contributed by atoms with Crippen LogP contribution in [0.3, 0.4) is 0 Å². The summed E-state index contributed by atoms with van der Waals surface area (Å²) in [5, 5.41) is 14.6. The molecule has 0 fully saturated rings. The van der Waals surface area contributed by atoms with Crippen LogP contribution in [0.5, 0.6) is 0 Å². The average molecular weight is 456 g/mol. The van der Waals surface area contributed by atoms with Gasteiger partial charge in [-0.25, -0.2) is 9.79 Å². The van der Waals surface area contributed by atoms with E-state index < -0.39 is 16.9 Å². The molecule has 0 saturated carbocycles. The largest absolute Gasteiger partial charge is 0.461 e. The molecule has 168 valence electrons. The lowest BCUT2D eigenvalue weighted by Crippen LogP contribution is -2.36. The summed E-state index contributed by atoms with van der Waals surface area (Å²) in [4.78, 5) is 30.2. The van der Waals surface area contributed by atoms with Gasteiger partial charge in [0.2, 0.25) is 0 Å². The van der Waals surface area contributed by atoms with E-state index in [0.29, 0.717) is 17.3 Å². The molecule has 0 aromatic heterocycles. The first kappa shape index (κ1) is 23.3. The first-order chi connectivity index (χ1) is 15.4. The van der Waals surface area contributed by atoms with Crippen molar-refractivity contribution in [2.24, 2.45) is 10.7 Å². The van der Waals surface area contributed by atoms with Crippen LogP contribution in [0.4, 0.5) is 5.69 Å². The minimum atomic E-state index is -0.798. The molecular formula is C22H25N5O4S. The molecule has 2 aromatic rings. The van der Waals surface area contributed by atoms with Crippen molar-refractivity contribution in [3.05, 3.63) is 87.2 Å². The number of rotatable bonds is 8. The topological polar surface area (TPSA) is 123 Å².